The largest absolute Gasteiger partial charge is 0.481 e. The molecule has 0 heterocycles. The summed E-state index contributed by atoms with van der Waals surface area (Å²) >= 11 is 0. The van der Waals surface area contributed by atoms with Crippen LogP contribution in [-0.4, -0.2) is 75.8 Å². The Morgan fingerprint density at radius 2 is 1.17 bits per heavy atom. The van der Waals surface area contributed by atoms with Gasteiger partial charge in [-0.1, -0.05) is 0 Å². The molecule has 0 radical (unpaired) electrons. The van der Waals surface area contributed by atoms with E-state index in [-0.39, 0.29) is 13.2 Å². The van der Waals surface area contributed by atoms with Gasteiger partial charge >= 0.3 is 23.9 Å². The Labute approximate surface area is 131 Å². The second kappa shape index (κ2) is 12.3. The van der Waals surface area contributed by atoms with Gasteiger partial charge in [0, 0.05) is 13.2 Å². The summed E-state index contributed by atoms with van der Waals surface area (Å²) in [7, 11) is 0. The molecule has 0 rings (SSSR count). The van der Waals surface area contributed by atoms with Crippen molar-refractivity contribution in [1.82, 2.24) is 0 Å². The first-order chi connectivity index (χ1) is 10.6. The van der Waals surface area contributed by atoms with Gasteiger partial charge in [0.1, 0.15) is 6.04 Å². The Kier molecular flexibility index (Phi) is 12.3. The van der Waals surface area contributed by atoms with Crippen LogP contribution in [0.15, 0.2) is 0 Å². The van der Waals surface area contributed by atoms with Crippen molar-refractivity contribution in [3.05, 3.63) is 0 Å². The minimum atomic E-state index is -1.46. The Bertz CT molecular complexity index is 389. The van der Waals surface area contributed by atoms with E-state index in [1.165, 1.54) is 0 Å². The highest BCUT2D eigenvalue weighted by atomic mass is 16.6. The summed E-state index contributed by atoms with van der Waals surface area (Å²) in [5, 5.41) is 33.4. The minimum Gasteiger partial charge on any atom is -0.481 e. The van der Waals surface area contributed by atoms with E-state index in [2.05, 4.69) is 0 Å². The van der Waals surface area contributed by atoms with Crippen LogP contribution in [0, 0.1) is 0 Å². The van der Waals surface area contributed by atoms with Crippen LogP contribution < -0.4 is 5.73 Å². The average molecular weight is 339 g/mol. The van der Waals surface area contributed by atoms with Gasteiger partial charge in [0.05, 0.1) is 6.42 Å². The van der Waals surface area contributed by atoms with E-state index in [1.807, 2.05) is 0 Å². The summed E-state index contributed by atoms with van der Waals surface area (Å²) in [6, 6.07) is -1.29. The molecular weight excluding hydrogens is 318 g/mol. The second-order valence-corrected chi connectivity index (χ2v) is 3.97. The molecule has 0 aromatic rings. The Morgan fingerprint density at radius 3 is 1.30 bits per heavy atom. The molecule has 0 aliphatic heterocycles. The van der Waals surface area contributed by atoms with Crippen LogP contribution in [0.25, 0.3) is 0 Å². The van der Waals surface area contributed by atoms with Crippen molar-refractivity contribution in [2.75, 3.05) is 13.2 Å². The first-order valence-electron chi connectivity index (χ1n) is 6.47. The van der Waals surface area contributed by atoms with Crippen LogP contribution in [0.5, 0.6) is 0 Å². The molecule has 0 bridgehead atoms. The lowest BCUT2D eigenvalue weighted by Crippen LogP contribution is -2.43. The van der Waals surface area contributed by atoms with Gasteiger partial charge in [-0.15, -0.1) is 0 Å². The molecule has 0 saturated heterocycles. The van der Waals surface area contributed by atoms with Gasteiger partial charge in [-0.2, -0.15) is 0 Å². The molecule has 11 heteroatoms. The van der Waals surface area contributed by atoms with Gasteiger partial charge in [0.2, 0.25) is 0 Å². The third kappa shape index (κ3) is 11.0. The maximum Gasteiger partial charge on any atom is 0.336 e. The van der Waals surface area contributed by atoms with E-state index in [0.717, 1.165) is 0 Å². The lowest BCUT2D eigenvalue weighted by Gasteiger charge is -2.19. The number of rotatable bonds is 10. The second-order valence-electron chi connectivity index (χ2n) is 3.97. The van der Waals surface area contributed by atoms with Crippen LogP contribution in [0.3, 0.4) is 0 Å². The van der Waals surface area contributed by atoms with Crippen molar-refractivity contribution in [2.24, 2.45) is 5.73 Å². The van der Waals surface area contributed by atoms with Gasteiger partial charge in [0.15, 0.2) is 12.2 Å². The first-order valence-corrected chi connectivity index (χ1v) is 6.47. The molecule has 0 aliphatic rings. The molecule has 11 nitrogen and oxygen atoms in total. The monoisotopic (exact) mass is 339 g/mol. The highest BCUT2D eigenvalue weighted by molar-refractivity contribution is 5.83. The van der Waals surface area contributed by atoms with Crippen molar-refractivity contribution in [3.8, 4) is 0 Å². The molecular formula is C12H21NO10. The van der Waals surface area contributed by atoms with Crippen LogP contribution in [0.1, 0.15) is 20.3 Å². The van der Waals surface area contributed by atoms with E-state index in [9.17, 15) is 19.2 Å². The number of carboxylic acids is 4. The number of aliphatic carboxylic acids is 4. The third-order valence-electron chi connectivity index (χ3n) is 2.17. The molecule has 134 valence electrons. The molecule has 0 aliphatic carbocycles. The number of carboxylic acid groups (broad SMARTS) is 4. The van der Waals surface area contributed by atoms with Gasteiger partial charge in [-0.3, -0.25) is 9.59 Å². The smallest absolute Gasteiger partial charge is 0.336 e. The van der Waals surface area contributed by atoms with Crippen molar-refractivity contribution >= 4 is 23.9 Å². The van der Waals surface area contributed by atoms with Crippen LogP contribution >= 0.6 is 0 Å². The fourth-order valence-electron chi connectivity index (χ4n) is 1.21. The van der Waals surface area contributed by atoms with Gasteiger partial charge < -0.3 is 35.6 Å². The molecule has 0 fully saturated rings. The van der Waals surface area contributed by atoms with Crippen molar-refractivity contribution in [2.45, 2.75) is 38.5 Å². The molecule has 0 amide bonds. The summed E-state index contributed by atoms with van der Waals surface area (Å²) < 4.78 is 9.55. The first kappa shape index (κ1) is 23.0. The normalized spacial score (nSPS) is 13.9. The summed E-state index contributed by atoms with van der Waals surface area (Å²) in [5.41, 5.74) is 4.84. The summed E-state index contributed by atoms with van der Waals surface area (Å²) in [5.74, 6) is -5.18. The zero-order chi connectivity index (χ0) is 18.6. The zero-order valence-corrected chi connectivity index (χ0v) is 12.7. The van der Waals surface area contributed by atoms with Crippen LogP contribution in [-0.2, 0) is 28.7 Å². The standard InChI is InChI=1S/C8H14O6.C4H7NO4/c1-3-13-5(7(9)10)6(8(11)12)14-4-2;5-2(4(8)9)1-3(6)7/h5-6H,3-4H2,1-2H3,(H,9,10)(H,11,12);2H,1,5H2,(H,6,7)(H,8,9)/t;2-/m.0/s1. The van der Waals surface area contributed by atoms with Gasteiger partial charge in [0.25, 0.3) is 0 Å². The average Bonchev–Trinajstić information content (AvgIpc) is 2.42. The van der Waals surface area contributed by atoms with Crippen LogP contribution in [0.4, 0.5) is 0 Å². The minimum absolute atomic E-state index is 0.119. The summed E-state index contributed by atoms with van der Waals surface area (Å²) in [4.78, 5) is 40.9. The van der Waals surface area contributed by atoms with E-state index >= 15 is 0 Å². The van der Waals surface area contributed by atoms with Crippen molar-refractivity contribution in [1.29, 1.82) is 0 Å². The molecule has 0 saturated carbocycles. The van der Waals surface area contributed by atoms with E-state index in [4.69, 9.17) is 35.6 Å². The SMILES string of the molecule is CCOC(C(=O)O)C(OCC)C(=O)O.N[C@@H](CC(=O)O)C(=O)O. The summed E-state index contributed by atoms with van der Waals surface area (Å²) in [6.45, 7) is 3.41. The zero-order valence-electron chi connectivity index (χ0n) is 12.7. The molecule has 23 heavy (non-hydrogen) atoms. The Hall–Kier alpha value is -2.24. The van der Waals surface area contributed by atoms with Crippen LogP contribution in [0.2, 0.25) is 0 Å². The quantitative estimate of drug-likeness (QED) is 0.322. The lowest BCUT2D eigenvalue weighted by atomic mass is 10.2. The Balaban J connectivity index is 0. The lowest BCUT2D eigenvalue weighted by molar-refractivity contribution is -0.175. The highest BCUT2D eigenvalue weighted by Gasteiger charge is 2.35. The Morgan fingerprint density at radius 1 is 0.826 bits per heavy atom. The predicted molar refractivity (Wildman–Crippen MR) is 74.0 cm³/mol. The highest BCUT2D eigenvalue weighted by Crippen LogP contribution is 2.05. The maximum absolute atomic E-state index is 10.6. The molecule has 6 N–H and O–H groups in total. The third-order valence-corrected chi connectivity index (χ3v) is 2.17. The van der Waals surface area contributed by atoms with Gasteiger partial charge in [-0.25, -0.2) is 9.59 Å². The van der Waals surface area contributed by atoms with E-state index < -0.39 is 48.5 Å². The molecule has 0 aromatic heterocycles. The molecule has 2 unspecified atom stereocenters. The number of hydrogen-bond donors (Lipinski definition) is 5. The maximum atomic E-state index is 10.6. The topological polar surface area (TPSA) is 194 Å². The number of nitrogens with two attached hydrogens (primary N) is 1. The number of hydrogen-bond acceptors (Lipinski definition) is 7. The fourth-order valence-corrected chi connectivity index (χ4v) is 1.21. The molecule has 0 aromatic carbocycles. The van der Waals surface area contributed by atoms with Crippen molar-refractivity contribution < 1.29 is 49.1 Å². The van der Waals surface area contributed by atoms with Crippen molar-refractivity contribution in [3.63, 3.8) is 0 Å². The van der Waals surface area contributed by atoms with Gasteiger partial charge in [-0.05, 0) is 13.8 Å². The number of ether oxygens (including phenoxy) is 2. The summed E-state index contributed by atoms with van der Waals surface area (Å²) in [6.07, 6.45) is -3.45. The number of carbonyl (C=O) groups is 4. The molecule has 0 spiro atoms. The predicted octanol–water partition coefficient (Wildman–Crippen LogP) is -1.16. The van der Waals surface area contributed by atoms with E-state index in [0.29, 0.717) is 0 Å². The fraction of sp³-hybridized carbons (Fsp3) is 0.667. The molecule has 3 atom stereocenters. The van der Waals surface area contributed by atoms with E-state index in [1.54, 1.807) is 13.8 Å².